The van der Waals surface area contributed by atoms with E-state index in [2.05, 4.69) is 20.8 Å². The van der Waals surface area contributed by atoms with E-state index in [0.29, 0.717) is 0 Å². The minimum Gasteiger partial charge on any atom is -0.0654 e. The smallest absolute Gasteiger partial charge is 0.0355 e. The highest BCUT2D eigenvalue weighted by Crippen LogP contribution is 2.51. The van der Waals surface area contributed by atoms with Gasteiger partial charge in [-0.25, -0.2) is 0 Å². The molecule has 0 amide bonds. The van der Waals surface area contributed by atoms with Crippen LogP contribution in [0.1, 0.15) is 59.3 Å². The molecule has 0 aromatic carbocycles. The molecule has 1 rings (SSSR count). The van der Waals surface area contributed by atoms with E-state index >= 15 is 0 Å². The summed E-state index contributed by atoms with van der Waals surface area (Å²) in [5, 5.41) is 0. The molecule has 0 aliphatic heterocycles. The Morgan fingerprint density at radius 1 is 0.833 bits per heavy atom. The van der Waals surface area contributed by atoms with Gasteiger partial charge in [0.05, 0.1) is 0 Å². The lowest BCUT2D eigenvalue weighted by molar-refractivity contribution is 0.559. The molecule has 1 fully saturated rings. The summed E-state index contributed by atoms with van der Waals surface area (Å²) in [5.41, 5.74) is 0. The van der Waals surface area contributed by atoms with Gasteiger partial charge in [-0.1, -0.05) is 46.5 Å². The third kappa shape index (κ3) is 2.50. The van der Waals surface area contributed by atoms with Gasteiger partial charge in [-0.05, 0) is 30.6 Å². The van der Waals surface area contributed by atoms with Gasteiger partial charge in [0, 0.05) is 0 Å². The molecule has 72 valence electrons. The molecule has 0 radical (unpaired) electrons. The maximum atomic E-state index is 2.45. The lowest BCUT2D eigenvalue weighted by Gasteiger charge is -1.96. The van der Waals surface area contributed by atoms with E-state index < -0.39 is 0 Å². The van der Waals surface area contributed by atoms with Crippen LogP contribution in [0.4, 0.5) is 0 Å². The molecule has 0 aromatic rings. The Hall–Kier alpha value is 0. The van der Waals surface area contributed by atoms with Gasteiger partial charge in [-0.2, -0.15) is 0 Å². The summed E-state index contributed by atoms with van der Waals surface area (Å²) in [5.74, 6) is 3.27. The van der Waals surface area contributed by atoms with Crippen LogP contribution in [0.3, 0.4) is 0 Å². The summed E-state index contributed by atoms with van der Waals surface area (Å²) < 4.78 is 0. The molecular weight excluding hydrogens is 144 g/mol. The zero-order chi connectivity index (χ0) is 8.97. The van der Waals surface area contributed by atoms with Crippen molar-refractivity contribution in [2.75, 3.05) is 0 Å². The van der Waals surface area contributed by atoms with Crippen molar-refractivity contribution in [2.45, 2.75) is 59.3 Å². The van der Waals surface area contributed by atoms with Crippen molar-refractivity contribution in [3.63, 3.8) is 0 Å². The van der Waals surface area contributed by atoms with Crippen molar-refractivity contribution in [3.05, 3.63) is 0 Å². The first-order valence-electron chi connectivity index (χ1n) is 5.81. The molecule has 0 saturated heterocycles. The summed E-state index contributed by atoms with van der Waals surface area (Å²) in [6.07, 6.45) is 8.68. The molecule has 1 aliphatic rings. The molecule has 12 heavy (non-hydrogen) atoms. The molecule has 2 atom stereocenters. The van der Waals surface area contributed by atoms with Gasteiger partial charge in [-0.3, -0.25) is 0 Å². The highest BCUT2D eigenvalue weighted by Gasteiger charge is 2.44. The predicted molar refractivity (Wildman–Crippen MR) is 55.2 cm³/mol. The van der Waals surface area contributed by atoms with Crippen LogP contribution in [-0.4, -0.2) is 0 Å². The van der Waals surface area contributed by atoms with E-state index in [1.165, 1.54) is 38.5 Å². The standard InChI is InChI=1S/C12H24/c1-4-6-8-11-10(3)12(11)9-7-5-2/h10-12H,4-9H2,1-3H3. The van der Waals surface area contributed by atoms with Gasteiger partial charge in [0.2, 0.25) is 0 Å². The SMILES string of the molecule is CCCCC1C(C)C1CCCC. The minimum absolute atomic E-state index is 1.06. The van der Waals surface area contributed by atoms with Crippen LogP contribution in [0.5, 0.6) is 0 Å². The number of rotatable bonds is 6. The van der Waals surface area contributed by atoms with Gasteiger partial charge < -0.3 is 0 Å². The third-order valence-electron chi connectivity index (χ3n) is 3.54. The maximum Gasteiger partial charge on any atom is -0.0355 e. The average molecular weight is 168 g/mol. The Morgan fingerprint density at radius 2 is 1.25 bits per heavy atom. The molecular formula is C12H24. The first kappa shape index (κ1) is 10.1. The second kappa shape index (κ2) is 4.89. The zero-order valence-corrected chi connectivity index (χ0v) is 8.97. The second-order valence-electron chi connectivity index (χ2n) is 4.47. The summed E-state index contributed by atoms with van der Waals surface area (Å²) in [7, 11) is 0. The Morgan fingerprint density at radius 3 is 1.58 bits per heavy atom. The highest BCUT2D eigenvalue weighted by atomic mass is 14.5. The topological polar surface area (TPSA) is 0 Å². The Bertz CT molecular complexity index is 103. The Kier molecular flexibility index (Phi) is 4.11. The zero-order valence-electron chi connectivity index (χ0n) is 8.97. The maximum absolute atomic E-state index is 2.45. The summed E-state index contributed by atoms with van der Waals surface area (Å²) in [6.45, 7) is 7.04. The van der Waals surface area contributed by atoms with Crippen LogP contribution >= 0.6 is 0 Å². The summed E-state index contributed by atoms with van der Waals surface area (Å²) >= 11 is 0. The molecule has 0 bridgehead atoms. The molecule has 0 nitrogen and oxygen atoms in total. The van der Waals surface area contributed by atoms with Crippen molar-refractivity contribution in [1.82, 2.24) is 0 Å². The van der Waals surface area contributed by atoms with E-state index in [1.807, 2.05) is 0 Å². The lowest BCUT2D eigenvalue weighted by Crippen LogP contribution is -1.83. The molecule has 1 aliphatic carbocycles. The van der Waals surface area contributed by atoms with Crippen LogP contribution in [0.15, 0.2) is 0 Å². The molecule has 0 heterocycles. The number of unbranched alkanes of at least 4 members (excludes halogenated alkanes) is 2. The molecule has 0 spiro atoms. The summed E-state index contributed by atoms with van der Waals surface area (Å²) in [4.78, 5) is 0. The Labute approximate surface area is 77.7 Å². The van der Waals surface area contributed by atoms with Gasteiger partial charge in [0.25, 0.3) is 0 Å². The monoisotopic (exact) mass is 168 g/mol. The number of hydrogen-bond acceptors (Lipinski definition) is 0. The normalized spacial score (nSPS) is 33.8. The van der Waals surface area contributed by atoms with E-state index in [1.54, 1.807) is 0 Å². The fourth-order valence-corrected chi connectivity index (χ4v) is 2.47. The first-order chi connectivity index (χ1) is 5.81. The molecule has 0 aromatic heterocycles. The van der Waals surface area contributed by atoms with E-state index in [0.717, 1.165) is 17.8 Å². The quantitative estimate of drug-likeness (QED) is 0.556. The molecule has 2 unspecified atom stereocenters. The largest absolute Gasteiger partial charge is 0.0654 e. The second-order valence-corrected chi connectivity index (χ2v) is 4.47. The van der Waals surface area contributed by atoms with E-state index in [9.17, 15) is 0 Å². The molecule has 0 N–H and O–H groups in total. The molecule has 1 saturated carbocycles. The lowest BCUT2D eigenvalue weighted by atomic mass is 10.1. The van der Waals surface area contributed by atoms with Crippen LogP contribution < -0.4 is 0 Å². The van der Waals surface area contributed by atoms with E-state index in [-0.39, 0.29) is 0 Å². The third-order valence-corrected chi connectivity index (χ3v) is 3.54. The van der Waals surface area contributed by atoms with E-state index in [4.69, 9.17) is 0 Å². The molecule has 0 heteroatoms. The fourth-order valence-electron chi connectivity index (χ4n) is 2.47. The fraction of sp³-hybridized carbons (Fsp3) is 1.00. The average Bonchev–Trinajstić information content (AvgIpc) is 2.69. The summed E-state index contributed by atoms with van der Waals surface area (Å²) in [6, 6.07) is 0. The van der Waals surface area contributed by atoms with Crippen molar-refractivity contribution < 1.29 is 0 Å². The number of hydrogen-bond donors (Lipinski definition) is 0. The van der Waals surface area contributed by atoms with Crippen molar-refractivity contribution >= 4 is 0 Å². The van der Waals surface area contributed by atoms with Crippen LogP contribution in [-0.2, 0) is 0 Å². The van der Waals surface area contributed by atoms with Crippen molar-refractivity contribution in [3.8, 4) is 0 Å². The van der Waals surface area contributed by atoms with Gasteiger partial charge in [0.15, 0.2) is 0 Å². The van der Waals surface area contributed by atoms with Gasteiger partial charge in [-0.15, -0.1) is 0 Å². The van der Waals surface area contributed by atoms with Crippen LogP contribution in [0.25, 0.3) is 0 Å². The van der Waals surface area contributed by atoms with Crippen LogP contribution in [0, 0.1) is 17.8 Å². The van der Waals surface area contributed by atoms with Crippen molar-refractivity contribution in [1.29, 1.82) is 0 Å². The highest BCUT2D eigenvalue weighted by molar-refractivity contribution is 4.93. The first-order valence-corrected chi connectivity index (χ1v) is 5.81. The Balaban J connectivity index is 2.06. The minimum atomic E-state index is 1.06. The van der Waals surface area contributed by atoms with Gasteiger partial charge >= 0.3 is 0 Å². The van der Waals surface area contributed by atoms with Crippen LogP contribution in [0.2, 0.25) is 0 Å². The predicted octanol–water partition coefficient (Wildman–Crippen LogP) is 4.25. The van der Waals surface area contributed by atoms with Crippen molar-refractivity contribution in [2.24, 2.45) is 17.8 Å². The van der Waals surface area contributed by atoms with Gasteiger partial charge in [0.1, 0.15) is 0 Å².